The molecule has 0 unspecified atom stereocenters. The van der Waals surface area contributed by atoms with Crippen LogP contribution in [0, 0.1) is 5.92 Å². The fourth-order valence-corrected chi connectivity index (χ4v) is 3.04. The van der Waals surface area contributed by atoms with Gasteiger partial charge in [-0.25, -0.2) is 0 Å². The average molecular weight is 392 g/mol. The number of alkyl halides is 2. The minimum atomic E-state index is -2.79. The quantitative estimate of drug-likeness (QED) is 0.813. The number of amides is 2. The normalized spacial score (nSPS) is 16.6. The second-order valence-corrected chi connectivity index (χ2v) is 6.83. The number of halogens is 2. The van der Waals surface area contributed by atoms with Gasteiger partial charge in [-0.2, -0.15) is 13.9 Å². The van der Waals surface area contributed by atoms with Gasteiger partial charge in [0.2, 0.25) is 11.8 Å². The van der Waals surface area contributed by atoms with Crippen molar-refractivity contribution in [2.45, 2.75) is 32.6 Å². The Bertz CT molecular complexity index is 830. The van der Waals surface area contributed by atoms with Crippen LogP contribution in [0.3, 0.4) is 0 Å². The van der Waals surface area contributed by atoms with Gasteiger partial charge in [0.25, 0.3) is 5.92 Å². The van der Waals surface area contributed by atoms with Crippen LogP contribution in [0.5, 0.6) is 0 Å². The molecule has 6 nitrogen and oxygen atoms in total. The van der Waals surface area contributed by atoms with Gasteiger partial charge in [0.1, 0.15) is 11.6 Å². The summed E-state index contributed by atoms with van der Waals surface area (Å²) in [4.78, 5) is 25.4. The van der Waals surface area contributed by atoms with Crippen molar-refractivity contribution in [2.24, 2.45) is 13.0 Å². The van der Waals surface area contributed by atoms with Gasteiger partial charge in [0.05, 0.1) is 0 Å². The molecule has 1 aromatic heterocycles. The monoisotopic (exact) mass is 392 g/mol. The van der Waals surface area contributed by atoms with E-state index in [1.807, 2.05) is 31.2 Å². The molecule has 3 rings (SSSR count). The van der Waals surface area contributed by atoms with Crippen molar-refractivity contribution in [3.8, 4) is 0 Å². The first-order valence-electron chi connectivity index (χ1n) is 9.15. The number of aromatic nitrogens is 2. The molecule has 2 aromatic rings. The summed E-state index contributed by atoms with van der Waals surface area (Å²) in [5.74, 6) is -3.59. The molecule has 0 saturated carbocycles. The Morgan fingerprint density at radius 1 is 1.29 bits per heavy atom. The van der Waals surface area contributed by atoms with Crippen molar-refractivity contribution in [1.29, 1.82) is 0 Å². The Balaban J connectivity index is 0.000000237. The molecule has 28 heavy (non-hydrogen) atoms. The molecule has 8 heteroatoms. The third-order valence-electron chi connectivity index (χ3n) is 4.67. The molecule has 1 atom stereocenters. The van der Waals surface area contributed by atoms with E-state index in [9.17, 15) is 18.4 Å². The van der Waals surface area contributed by atoms with E-state index in [2.05, 4.69) is 10.4 Å². The SMILES string of the molecule is CCc1ccccc1NC(=O)[C@@H]1CCN(C)C1=O.Cn1nccc1C(C)(F)F. The van der Waals surface area contributed by atoms with Gasteiger partial charge in [-0.3, -0.25) is 14.3 Å². The lowest BCUT2D eigenvalue weighted by molar-refractivity contribution is -0.134. The fraction of sp³-hybridized carbons (Fsp3) is 0.450. The molecule has 1 aromatic carbocycles. The van der Waals surface area contributed by atoms with E-state index in [4.69, 9.17) is 0 Å². The van der Waals surface area contributed by atoms with Gasteiger partial charge < -0.3 is 10.2 Å². The standard InChI is InChI=1S/C14H18N2O2.C6H8F2N2/c1-3-10-6-4-5-7-12(10)15-13(17)11-8-9-16(2)14(11)18;1-6(7,8)5-3-4-9-10(5)2/h4-7,11H,3,8-9H2,1-2H3,(H,15,17);3-4H,1-2H3/t11-;/m0./s1. The zero-order chi connectivity index (χ0) is 20.9. The number of carbonyl (C=O) groups excluding carboxylic acids is 2. The third-order valence-corrected chi connectivity index (χ3v) is 4.67. The van der Waals surface area contributed by atoms with E-state index in [1.165, 1.54) is 24.0 Å². The number of nitrogens with zero attached hydrogens (tertiary/aromatic N) is 3. The van der Waals surface area contributed by atoms with E-state index >= 15 is 0 Å². The maximum Gasteiger partial charge on any atom is 0.286 e. The summed E-state index contributed by atoms with van der Waals surface area (Å²) in [5.41, 5.74) is 1.84. The highest BCUT2D eigenvalue weighted by atomic mass is 19.3. The molecular weight excluding hydrogens is 366 g/mol. The number of rotatable bonds is 4. The predicted molar refractivity (Wildman–Crippen MR) is 103 cm³/mol. The highest BCUT2D eigenvalue weighted by Gasteiger charge is 2.35. The van der Waals surface area contributed by atoms with Crippen LogP contribution in [-0.4, -0.2) is 40.1 Å². The minimum Gasteiger partial charge on any atom is -0.345 e. The van der Waals surface area contributed by atoms with Crippen molar-refractivity contribution in [1.82, 2.24) is 14.7 Å². The Kier molecular flexibility index (Phi) is 6.88. The lowest BCUT2D eigenvalue weighted by atomic mass is 10.1. The summed E-state index contributed by atoms with van der Waals surface area (Å²) in [6, 6.07) is 9.00. The van der Waals surface area contributed by atoms with E-state index in [-0.39, 0.29) is 17.5 Å². The molecule has 0 aliphatic carbocycles. The van der Waals surface area contributed by atoms with E-state index in [0.717, 1.165) is 24.6 Å². The first-order chi connectivity index (χ1) is 13.1. The topological polar surface area (TPSA) is 67.2 Å². The molecular formula is C20H26F2N4O2. The highest BCUT2D eigenvalue weighted by molar-refractivity contribution is 6.07. The molecule has 0 radical (unpaired) electrons. The Morgan fingerprint density at radius 3 is 2.43 bits per heavy atom. The summed E-state index contributed by atoms with van der Waals surface area (Å²) in [6.45, 7) is 3.55. The lowest BCUT2D eigenvalue weighted by Crippen LogP contribution is -2.31. The van der Waals surface area contributed by atoms with Crippen molar-refractivity contribution >= 4 is 17.5 Å². The zero-order valence-electron chi connectivity index (χ0n) is 16.6. The van der Waals surface area contributed by atoms with E-state index < -0.39 is 11.8 Å². The molecule has 1 aliphatic rings. The van der Waals surface area contributed by atoms with Crippen molar-refractivity contribution in [3.63, 3.8) is 0 Å². The van der Waals surface area contributed by atoms with E-state index in [0.29, 0.717) is 13.0 Å². The smallest absolute Gasteiger partial charge is 0.286 e. The largest absolute Gasteiger partial charge is 0.345 e. The molecule has 152 valence electrons. The summed E-state index contributed by atoms with van der Waals surface area (Å²) in [6.07, 6.45) is 2.82. The number of aryl methyl sites for hydroxylation is 2. The number of nitrogens with one attached hydrogen (secondary N) is 1. The summed E-state index contributed by atoms with van der Waals surface area (Å²) < 4.78 is 26.1. The Hall–Kier alpha value is -2.77. The van der Waals surface area contributed by atoms with Crippen LogP contribution < -0.4 is 5.32 Å². The third kappa shape index (κ3) is 5.15. The number of anilines is 1. The predicted octanol–water partition coefficient (Wildman–Crippen LogP) is 3.20. The number of benzene rings is 1. The summed E-state index contributed by atoms with van der Waals surface area (Å²) >= 11 is 0. The van der Waals surface area contributed by atoms with Crippen LogP contribution in [0.1, 0.15) is 31.5 Å². The van der Waals surface area contributed by atoms with Crippen LogP contribution in [0.15, 0.2) is 36.5 Å². The van der Waals surface area contributed by atoms with Gasteiger partial charge in [-0.05, 0) is 30.5 Å². The Morgan fingerprint density at radius 2 is 1.96 bits per heavy atom. The van der Waals surface area contributed by atoms with Gasteiger partial charge in [-0.15, -0.1) is 0 Å². The molecule has 1 fully saturated rings. The van der Waals surface area contributed by atoms with Crippen LogP contribution in [0.4, 0.5) is 14.5 Å². The maximum absolute atomic E-state index is 12.5. The number of hydrogen-bond donors (Lipinski definition) is 1. The van der Waals surface area contributed by atoms with Gasteiger partial charge in [0, 0.05) is 39.4 Å². The van der Waals surface area contributed by atoms with Gasteiger partial charge in [0.15, 0.2) is 0 Å². The molecule has 2 heterocycles. The van der Waals surface area contributed by atoms with Crippen LogP contribution in [0.25, 0.3) is 0 Å². The van der Waals surface area contributed by atoms with Crippen LogP contribution in [-0.2, 0) is 29.0 Å². The lowest BCUT2D eigenvalue weighted by Gasteiger charge is -2.13. The number of likely N-dealkylation sites (tertiary alicyclic amines) is 1. The fourth-order valence-electron chi connectivity index (χ4n) is 3.04. The molecule has 0 spiro atoms. The molecule has 0 bridgehead atoms. The van der Waals surface area contributed by atoms with Gasteiger partial charge >= 0.3 is 0 Å². The minimum absolute atomic E-state index is 0.0625. The number of hydrogen-bond acceptors (Lipinski definition) is 3. The summed E-state index contributed by atoms with van der Waals surface area (Å²) in [7, 11) is 3.22. The first-order valence-corrected chi connectivity index (χ1v) is 9.15. The van der Waals surface area contributed by atoms with Crippen molar-refractivity contribution in [3.05, 3.63) is 47.8 Å². The van der Waals surface area contributed by atoms with Crippen molar-refractivity contribution < 1.29 is 18.4 Å². The summed E-state index contributed by atoms with van der Waals surface area (Å²) in [5, 5.41) is 6.49. The number of para-hydroxylation sites is 1. The first kappa shape index (κ1) is 21.5. The molecule has 1 saturated heterocycles. The second kappa shape index (κ2) is 8.95. The molecule has 1 N–H and O–H groups in total. The molecule has 1 aliphatic heterocycles. The molecule has 2 amide bonds. The average Bonchev–Trinajstić information content (AvgIpc) is 3.22. The van der Waals surface area contributed by atoms with Gasteiger partial charge in [-0.1, -0.05) is 25.1 Å². The second-order valence-electron chi connectivity index (χ2n) is 6.83. The highest BCUT2D eigenvalue weighted by Crippen LogP contribution is 2.25. The zero-order valence-corrected chi connectivity index (χ0v) is 16.6. The number of carbonyl (C=O) groups is 2. The Labute approximate surface area is 163 Å². The maximum atomic E-state index is 12.5. The van der Waals surface area contributed by atoms with Crippen molar-refractivity contribution in [2.75, 3.05) is 18.9 Å². The van der Waals surface area contributed by atoms with Crippen LogP contribution >= 0.6 is 0 Å². The van der Waals surface area contributed by atoms with Crippen LogP contribution in [0.2, 0.25) is 0 Å². The van der Waals surface area contributed by atoms with E-state index in [1.54, 1.807) is 11.9 Å².